The number of rotatable bonds is 12. The van der Waals surface area contributed by atoms with E-state index in [2.05, 4.69) is 422 Å². The van der Waals surface area contributed by atoms with Crippen molar-refractivity contribution in [3.05, 3.63) is 425 Å². The summed E-state index contributed by atoms with van der Waals surface area (Å²) in [6, 6.07) is 153. The van der Waals surface area contributed by atoms with E-state index in [1.807, 2.05) is 12.1 Å². The van der Waals surface area contributed by atoms with Crippen LogP contribution in [0.4, 0.5) is 0 Å². The molecule has 524 valence electrons. The van der Waals surface area contributed by atoms with Gasteiger partial charge in [-0.1, -0.05) is 309 Å². The lowest BCUT2D eigenvalue weighted by Crippen LogP contribution is -1.94. The molecule has 0 spiro atoms. The van der Waals surface area contributed by atoms with Gasteiger partial charge in [-0.25, -0.2) is 0 Å². The molecule has 0 saturated heterocycles. The molecule has 0 fully saturated rings. The fraction of sp³-hybridized carbons (Fsp3) is 0. The van der Waals surface area contributed by atoms with E-state index in [0.717, 1.165) is 99.8 Å². The Morgan fingerprint density at radius 2 is 0.420 bits per heavy atom. The zero-order chi connectivity index (χ0) is 74.0. The van der Waals surface area contributed by atoms with Crippen molar-refractivity contribution in [2.75, 3.05) is 0 Å². The lowest BCUT2D eigenvalue weighted by atomic mass is 9.91. The number of hydrogen-bond donors (Lipinski definition) is 0. The van der Waals surface area contributed by atoms with Crippen LogP contribution in [0.5, 0.6) is 0 Å². The van der Waals surface area contributed by atoms with Crippen LogP contribution in [0, 0.1) is 0 Å². The largest absolute Gasteiger partial charge is 0.455 e. The number of fused-ring (bicyclic) bond motifs is 12. The first-order chi connectivity index (χ1) is 55.5. The Morgan fingerprint density at radius 3 is 0.884 bits per heavy atom. The molecule has 0 atom stereocenters. The Kier molecular flexibility index (Phi) is 16.2. The Hall–Kier alpha value is -14.8. The fourth-order valence-electron chi connectivity index (χ4n) is 16.9. The molecule has 18 aromatic carbocycles. The Bertz CT molecular complexity index is 7330. The van der Waals surface area contributed by atoms with Crippen molar-refractivity contribution in [2.45, 2.75) is 0 Å². The summed E-state index contributed by atoms with van der Waals surface area (Å²) in [5.74, 6) is 0. The first-order valence-corrected chi connectivity index (χ1v) is 38.3. The van der Waals surface area contributed by atoms with Gasteiger partial charge in [0.25, 0.3) is 0 Å². The Labute approximate surface area is 648 Å². The van der Waals surface area contributed by atoms with Gasteiger partial charge in [0.05, 0.1) is 22.1 Å². The highest BCUT2D eigenvalue weighted by molar-refractivity contribution is 6.14. The van der Waals surface area contributed by atoms with Gasteiger partial charge in [0.15, 0.2) is 0 Å². The molecule has 0 aliphatic carbocycles. The monoisotopic (exact) mass is 1430 g/mol. The summed E-state index contributed by atoms with van der Waals surface area (Å²) < 4.78 is 18.0. The molecule has 0 amide bonds. The van der Waals surface area contributed by atoms with Crippen LogP contribution in [0.15, 0.2) is 433 Å². The van der Waals surface area contributed by atoms with Crippen LogP contribution in [-0.4, -0.2) is 9.13 Å². The third-order valence-electron chi connectivity index (χ3n) is 22.4. The summed E-state index contributed by atoms with van der Waals surface area (Å²) in [6.45, 7) is 0. The Morgan fingerprint density at radius 1 is 0.143 bits per heavy atom. The van der Waals surface area contributed by atoms with Crippen LogP contribution in [0.25, 0.3) is 210 Å². The molecule has 0 N–H and O–H groups in total. The van der Waals surface area contributed by atoms with Gasteiger partial charge >= 0.3 is 0 Å². The lowest BCUT2D eigenvalue weighted by Gasteiger charge is -2.13. The van der Waals surface area contributed by atoms with Crippen molar-refractivity contribution >= 4 is 87.5 Å². The van der Waals surface area contributed by atoms with Crippen molar-refractivity contribution in [1.29, 1.82) is 0 Å². The molecule has 22 aromatic rings. The summed E-state index contributed by atoms with van der Waals surface area (Å²) in [5, 5.41) is 9.43. The van der Waals surface area contributed by atoms with E-state index in [1.165, 1.54) is 110 Å². The minimum absolute atomic E-state index is 0.901. The van der Waals surface area contributed by atoms with Gasteiger partial charge in [0.1, 0.15) is 22.3 Å². The SMILES string of the molecule is c1ccc(-c2ccc(-c3cc(-c4ccc5c(c4)c4ccccc4n5-c4cccc(-c5ccccc5)c4)cc(-c4cccc5c4oc4ccccc45)c3)cc2)cc1.c1ccc(-c2ccc(-n3c4ccccc4c4cc(-c5cc(-c6cccc(-c7ccccc7)c6)cc(-c6cccc7c6oc6ccccc67)c5)ccc43)cc2)cc1. The van der Waals surface area contributed by atoms with Crippen molar-refractivity contribution in [3.63, 3.8) is 0 Å². The molecule has 4 heteroatoms. The number of benzene rings is 18. The van der Waals surface area contributed by atoms with E-state index in [1.54, 1.807) is 0 Å². The van der Waals surface area contributed by atoms with Crippen LogP contribution in [0.1, 0.15) is 0 Å². The van der Waals surface area contributed by atoms with E-state index < -0.39 is 0 Å². The Balaban J connectivity index is 0.000000141. The summed E-state index contributed by atoms with van der Waals surface area (Å²) in [4.78, 5) is 0. The van der Waals surface area contributed by atoms with Gasteiger partial charge in [-0.3, -0.25) is 0 Å². The average molecular weight is 1430 g/mol. The van der Waals surface area contributed by atoms with Crippen molar-refractivity contribution in [1.82, 2.24) is 9.13 Å². The van der Waals surface area contributed by atoms with Gasteiger partial charge in [0, 0.05) is 65.6 Å². The highest BCUT2D eigenvalue weighted by Gasteiger charge is 2.21. The quantitative estimate of drug-likeness (QED) is 0.122. The smallest absolute Gasteiger partial charge is 0.143 e. The second kappa shape index (κ2) is 27.7. The van der Waals surface area contributed by atoms with Crippen LogP contribution in [0.3, 0.4) is 0 Å². The summed E-state index contributed by atoms with van der Waals surface area (Å²) in [5.41, 5.74) is 34.0. The maximum Gasteiger partial charge on any atom is 0.143 e. The summed E-state index contributed by atoms with van der Waals surface area (Å²) in [6.07, 6.45) is 0. The van der Waals surface area contributed by atoms with Gasteiger partial charge < -0.3 is 18.0 Å². The van der Waals surface area contributed by atoms with Gasteiger partial charge in [-0.15, -0.1) is 0 Å². The van der Waals surface area contributed by atoms with Crippen molar-refractivity contribution < 1.29 is 8.83 Å². The molecule has 112 heavy (non-hydrogen) atoms. The average Bonchev–Trinajstić information content (AvgIpc) is 1.59. The van der Waals surface area contributed by atoms with Gasteiger partial charge in [-0.2, -0.15) is 0 Å². The highest BCUT2D eigenvalue weighted by Crippen LogP contribution is 2.45. The first-order valence-electron chi connectivity index (χ1n) is 38.3. The molecule has 22 rings (SSSR count). The molecule has 0 saturated carbocycles. The molecule has 0 aliphatic heterocycles. The maximum atomic E-state index is 6.59. The predicted octanol–water partition coefficient (Wildman–Crippen LogP) is 30.0. The van der Waals surface area contributed by atoms with E-state index in [-0.39, 0.29) is 0 Å². The van der Waals surface area contributed by atoms with Crippen LogP contribution >= 0.6 is 0 Å². The maximum absolute atomic E-state index is 6.59. The second-order valence-corrected chi connectivity index (χ2v) is 29.0. The fourth-order valence-corrected chi connectivity index (χ4v) is 16.9. The van der Waals surface area contributed by atoms with Crippen LogP contribution in [-0.2, 0) is 0 Å². The molecular formula is C108H70N2O2. The summed E-state index contributed by atoms with van der Waals surface area (Å²) in [7, 11) is 0. The van der Waals surface area contributed by atoms with Crippen molar-refractivity contribution in [3.8, 4) is 123 Å². The topological polar surface area (TPSA) is 36.1 Å². The molecular weight excluding hydrogens is 1360 g/mol. The standard InChI is InChI=1S/2C54H35NO/c1-3-13-36(14-4-1)38-25-28-45(29-26-38)55-51-23-9-7-19-47(51)50-35-41(27-30-52(50)55)43-32-42(40-18-11-17-39(31-40)37-15-5-2-6-16-37)33-44(34-43)46-21-12-22-49-48-20-8-10-24-53(48)56-54(46)49;1-3-13-36(14-4-1)38-25-27-39(28-26-38)42-31-43(33-44(32-42)46-21-12-22-49-48-20-8-10-24-53(48)56-54(46)49)41-29-30-52-50(35-41)47-19-7-9-23-51(47)55(52)45-18-11-17-40(34-45)37-15-5-2-6-16-37/h2*1-35H. The normalized spacial score (nSPS) is 11.6. The van der Waals surface area contributed by atoms with Crippen LogP contribution < -0.4 is 0 Å². The number of para-hydroxylation sites is 6. The molecule has 4 heterocycles. The molecule has 4 nitrogen and oxygen atoms in total. The number of nitrogens with zero attached hydrogens (tertiary/aromatic N) is 2. The third kappa shape index (κ3) is 11.8. The molecule has 4 aromatic heterocycles. The van der Waals surface area contributed by atoms with E-state index >= 15 is 0 Å². The zero-order valence-corrected chi connectivity index (χ0v) is 61.1. The molecule has 0 aliphatic rings. The number of aromatic nitrogens is 2. The van der Waals surface area contributed by atoms with E-state index in [0.29, 0.717) is 0 Å². The van der Waals surface area contributed by atoms with Gasteiger partial charge in [-0.05, 0) is 215 Å². The number of hydrogen-bond acceptors (Lipinski definition) is 2. The molecule has 0 radical (unpaired) electrons. The van der Waals surface area contributed by atoms with E-state index in [9.17, 15) is 0 Å². The summed E-state index contributed by atoms with van der Waals surface area (Å²) >= 11 is 0. The predicted molar refractivity (Wildman–Crippen MR) is 470 cm³/mol. The number of furan rings is 2. The minimum Gasteiger partial charge on any atom is -0.455 e. The zero-order valence-electron chi connectivity index (χ0n) is 61.1. The third-order valence-corrected chi connectivity index (χ3v) is 22.4. The first kappa shape index (κ1) is 65.5. The lowest BCUT2D eigenvalue weighted by molar-refractivity contribution is 0.669. The molecule has 0 bridgehead atoms. The minimum atomic E-state index is 0.901. The van der Waals surface area contributed by atoms with E-state index in [4.69, 9.17) is 8.83 Å². The van der Waals surface area contributed by atoms with Gasteiger partial charge in [0.2, 0.25) is 0 Å². The molecule has 0 unspecified atom stereocenters. The second-order valence-electron chi connectivity index (χ2n) is 29.0. The van der Waals surface area contributed by atoms with Crippen molar-refractivity contribution in [2.24, 2.45) is 0 Å². The van der Waals surface area contributed by atoms with Crippen LogP contribution in [0.2, 0.25) is 0 Å². The highest BCUT2D eigenvalue weighted by atomic mass is 16.3.